The van der Waals surface area contributed by atoms with Crippen molar-refractivity contribution >= 4 is 6.03 Å². The molecular weight excluding hydrogens is 242 g/mol. The molecule has 2 N–H and O–H groups in total. The molecule has 5 nitrogen and oxygen atoms in total. The number of urea groups is 1. The van der Waals surface area contributed by atoms with E-state index in [4.69, 9.17) is 4.74 Å². The standard InChI is InChI=1S/C14H23N3O2/c1-17(2)10-9-16-14(18)15-8-7-12-5-4-6-13(11-12)19-3/h4-6,11H,7-10H2,1-3H3,(H2,15,16,18). The molecule has 0 atom stereocenters. The minimum absolute atomic E-state index is 0.121. The van der Waals surface area contributed by atoms with Gasteiger partial charge in [-0.3, -0.25) is 0 Å². The fourth-order valence-corrected chi connectivity index (χ4v) is 1.60. The molecule has 2 amide bonds. The van der Waals surface area contributed by atoms with E-state index in [1.807, 2.05) is 43.3 Å². The second kappa shape index (κ2) is 8.37. The van der Waals surface area contributed by atoms with Crippen LogP contribution in [0.2, 0.25) is 0 Å². The zero-order valence-electron chi connectivity index (χ0n) is 11.9. The van der Waals surface area contributed by atoms with Gasteiger partial charge in [-0.05, 0) is 38.2 Å². The average Bonchev–Trinajstić information content (AvgIpc) is 2.38. The Morgan fingerprint density at radius 2 is 2.00 bits per heavy atom. The summed E-state index contributed by atoms with van der Waals surface area (Å²) in [6.07, 6.45) is 0.790. The van der Waals surface area contributed by atoms with Crippen LogP contribution in [0.1, 0.15) is 5.56 Å². The zero-order chi connectivity index (χ0) is 14.1. The van der Waals surface area contributed by atoms with Crippen molar-refractivity contribution in [3.63, 3.8) is 0 Å². The second-order valence-corrected chi connectivity index (χ2v) is 4.59. The van der Waals surface area contributed by atoms with E-state index < -0.39 is 0 Å². The molecule has 1 aromatic carbocycles. The van der Waals surface area contributed by atoms with Crippen molar-refractivity contribution in [2.24, 2.45) is 0 Å². The molecule has 0 radical (unpaired) electrons. The van der Waals surface area contributed by atoms with Gasteiger partial charge in [0.1, 0.15) is 5.75 Å². The number of hydrogen-bond donors (Lipinski definition) is 2. The van der Waals surface area contributed by atoms with Gasteiger partial charge in [0, 0.05) is 19.6 Å². The maximum Gasteiger partial charge on any atom is 0.314 e. The molecule has 19 heavy (non-hydrogen) atoms. The lowest BCUT2D eigenvalue weighted by atomic mass is 10.1. The number of methoxy groups -OCH3 is 1. The van der Waals surface area contributed by atoms with Crippen LogP contribution in [0.25, 0.3) is 0 Å². The van der Waals surface area contributed by atoms with E-state index in [0.717, 1.165) is 24.3 Å². The van der Waals surface area contributed by atoms with E-state index in [0.29, 0.717) is 13.1 Å². The Kier molecular flexibility index (Phi) is 6.74. The first-order valence-corrected chi connectivity index (χ1v) is 6.41. The lowest BCUT2D eigenvalue weighted by Gasteiger charge is -2.11. The summed E-state index contributed by atoms with van der Waals surface area (Å²) in [7, 11) is 5.60. The summed E-state index contributed by atoms with van der Waals surface area (Å²) in [4.78, 5) is 13.5. The van der Waals surface area contributed by atoms with E-state index in [1.54, 1.807) is 7.11 Å². The largest absolute Gasteiger partial charge is 0.497 e. The Balaban J connectivity index is 2.20. The molecule has 0 unspecified atom stereocenters. The Morgan fingerprint density at radius 3 is 2.68 bits per heavy atom. The fraction of sp³-hybridized carbons (Fsp3) is 0.500. The summed E-state index contributed by atoms with van der Waals surface area (Å²) < 4.78 is 5.15. The summed E-state index contributed by atoms with van der Waals surface area (Å²) >= 11 is 0. The molecule has 0 heterocycles. The first-order chi connectivity index (χ1) is 9.11. The van der Waals surface area contributed by atoms with E-state index in [1.165, 1.54) is 0 Å². The molecule has 1 aromatic rings. The highest BCUT2D eigenvalue weighted by Crippen LogP contribution is 2.12. The van der Waals surface area contributed by atoms with Crippen molar-refractivity contribution in [2.75, 3.05) is 40.8 Å². The van der Waals surface area contributed by atoms with Crippen LogP contribution in [0.4, 0.5) is 4.79 Å². The van der Waals surface area contributed by atoms with Gasteiger partial charge in [-0.1, -0.05) is 12.1 Å². The SMILES string of the molecule is COc1cccc(CCNC(=O)NCCN(C)C)c1. The van der Waals surface area contributed by atoms with Gasteiger partial charge in [-0.15, -0.1) is 0 Å². The molecule has 0 aliphatic carbocycles. The number of ether oxygens (including phenoxy) is 1. The second-order valence-electron chi connectivity index (χ2n) is 4.59. The number of hydrogen-bond acceptors (Lipinski definition) is 3. The van der Waals surface area contributed by atoms with Crippen molar-refractivity contribution in [3.05, 3.63) is 29.8 Å². The number of nitrogens with zero attached hydrogens (tertiary/aromatic N) is 1. The Hall–Kier alpha value is -1.75. The van der Waals surface area contributed by atoms with Crippen LogP contribution in [0, 0.1) is 0 Å². The Labute approximate surface area is 114 Å². The van der Waals surface area contributed by atoms with Gasteiger partial charge in [-0.2, -0.15) is 0 Å². The van der Waals surface area contributed by atoms with Crippen LogP contribution >= 0.6 is 0 Å². The number of carbonyl (C=O) groups is 1. The zero-order valence-corrected chi connectivity index (χ0v) is 11.9. The third kappa shape index (κ3) is 6.67. The Morgan fingerprint density at radius 1 is 1.26 bits per heavy atom. The van der Waals surface area contributed by atoms with Gasteiger partial charge in [0.2, 0.25) is 0 Å². The van der Waals surface area contributed by atoms with Gasteiger partial charge in [-0.25, -0.2) is 4.79 Å². The number of amides is 2. The van der Waals surface area contributed by atoms with E-state index in [2.05, 4.69) is 10.6 Å². The molecule has 5 heteroatoms. The lowest BCUT2D eigenvalue weighted by molar-refractivity contribution is 0.239. The predicted molar refractivity (Wildman–Crippen MR) is 76.7 cm³/mol. The number of rotatable bonds is 7. The molecule has 0 saturated carbocycles. The van der Waals surface area contributed by atoms with Crippen LogP contribution in [-0.4, -0.2) is 51.8 Å². The summed E-state index contributed by atoms with van der Waals surface area (Å²) in [6.45, 7) is 2.10. The maximum absolute atomic E-state index is 11.5. The molecule has 0 saturated heterocycles. The lowest BCUT2D eigenvalue weighted by Crippen LogP contribution is -2.39. The first kappa shape index (κ1) is 15.3. The molecular formula is C14H23N3O2. The summed E-state index contributed by atoms with van der Waals surface area (Å²) in [5, 5.41) is 5.64. The summed E-state index contributed by atoms with van der Waals surface area (Å²) in [5.41, 5.74) is 1.15. The quantitative estimate of drug-likeness (QED) is 0.776. The molecule has 0 aromatic heterocycles. The molecule has 0 aliphatic heterocycles. The molecule has 106 valence electrons. The number of benzene rings is 1. The monoisotopic (exact) mass is 265 g/mol. The first-order valence-electron chi connectivity index (χ1n) is 6.41. The Bertz CT molecular complexity index is 394. The predicted octanol–water partition coefficient (Wildman–Crippen LogP) is 1.10. The van der Waals surface area contributed by atoms with Gasteiger partial charge in [0.05, 0.1) is 7.11 Å². The molecule has 0 bridgehead atoms. The number of carbonyl (C=O) groups excluding carboxylic acids is 1. The van der Waals surface area contributed by atoms with Crippen LogP contribution in [0.5, 0.6) is 5.75 Å². The molecule has 1 rings (SSSR count). The van der Waals surface area contributed by atoms with Crippen molar-refractivity contribution in [2.45, 2.75) is 6.42 Å². The normalized spacial score (nSPS) is 10.3. The van der Waals surface area contributed by atoms with Crippen LogP contribution in [-0.2, 0) is 6.42 Å². The van der Waals surface area contributed by atoms with Crippen LogP contribution in [0.15, 0.2) is 24.3 Å². The van der Waals surface area contributed by atoms with Gasteiger partial charge >= 0.3 is 6.03 Å². The number of likely N-dealkylation sites (N-methyl/N-ethyl adjacent to an activating group) is 1. The highest BCUT2D eigenvalue weighted by atomic mass is 16.5. The van der Waals surface area contributed by atoms with E-state index in [9.17, 15) is 4.79 Å². The third-order valence-electron chi connectivity index (χ3n) is 2.68. The van der Waals surface area contributed by atoms with Crippen molar-refractivity contribution in [1.82, 2.24) is 15.5 Å². The maximum atomic E-state index is 11.5. The van der Waals surface area contributed by atoms with E-state index >= 15 is 0 Å². The topological polar surface area (TPSA) is 53.6 Å². The number of nitrogens with one attached hydrogen (secondary N) is 2. The van der Waals surface area contributed by atoms with Crippen LogP contribution in [0.3, 0.4) is 0 Å². The summed E-state index contributed by atoms with van der Waals surface area (Å²) in [6, 6.07) is 7.74. The fourth-order valence-electron chi connectivity index (χ4n) is 1.60. The minimum Gasteiger partial charge on any atom is -0.497 e. The highest BCUT2D eigenvalue weighted by Gasteiger charge is 2.00. The minimum atomic E-state index is -0.121. The van der Waals surface area contributed by atoms with Gasteiger partial charge < -0.3 is 20.3 Å². The van der Waals surface area contributed by atoms with E-state index in [-0.39, 0.29) is 6.03 Å². The molecule has 0 fully saturated rings. The van der Waals surface area contributed by atoms with Crippen molar-refractivity contribution in [1.29, 1.82) is 0 Å². The van der Waals surface area contributed by atoms with Crippen LogP contribution < -0.4 is 15.4 Å². The van der Waals surface area contributed by atoms with Crippen molar-refractivity contribution < 1.29 is 9.53 Å². The van der Waals surface area contributed by atoms with Gasteiger partial charge in [0.25, 0.3) is 0 Å². The van der Waals surface area contributed by atoms with Gasteiger partial charge in [0.15, 0.2) is 0 Å². The average molecular weight is 265 g/mol. The third-order valence-corrected chi connectivity index (χ3v) is 2.68. The summed E-state index contributed by atoms with van der Waals surface area (Å²) in [5.74, 6) is 0.841. The molecule has 0 spiro atoms. The van der Waals surface area contributed by atoms with Crippen molar-refractivity contribution in [3.8, 4) is 5.75 Å². The highest BCUT2D eigenvalue weighted by molar-refractivity contribution is 5.73. The smallest absolute Gasteiger partial charge is 0.314 e. The molecule has 0 aliphatic rings.